The fraction of sp³-hybridized carbons (Fsp3) is 1.00. The van der Waals surface area contributed by atoms with E-state index in [2.05, 4.69) is 22.9 Å². The Kier molecular flexibility index (Phi) is 28.7. The molecule has 2 atom stereocenters. The molecule has 6 nitrogen and oxygen atoms in total. The molecule has 21 heavy (non-hydrogen) atoms. The van der Waals surface area contributed by atoms with E-state index in [1.54, 1.807) is 0 Å². The van der Waals surface area contributed by atoms with Gasteiger partial charge in [-0.15, -0.1) is 9.05 Å². The largest absolute Gasteiger partial charge is 2.00 e. The van der Waals surface area contributed by atoms with E-state index in [-0.39, 0.29) is 16.5 Å². The zero-order valence-electron chi connectivity index (χ0n) is 12.7. The molecule has 0 spiro atoms. The predicted octanol–water partition coefficient (Wildman–Crippen LogP) is 3.20. The van der Waals surface area contributed by atoms with Gasteiger partial charge in [0, 0.05) is 0 Å². The molecule has 0 bridgehead atoms. The van der Waals surface area contributed by atoms with E-state index in [4.69, 9.17) is 0 Å². The van der Waals surface area contributed by atoms with Crippen LogP contribution in [0.3, 0.4) is 0 Å². The first-order chi connectivity index (χ1) is 9.54. The Morgan fingerprint density at radius 2 is 1.05 bits per heavy atom. The summed E-state index contributed by atoms with van der Waals surface area (Å²) < 4.78 is 28.4. The van der Waals surface area contributed by atoms with Crippen LogP contribution in [0.25, 0.3) is 0 Å². The van der Waals surface area contributed by atoms with Gasteiger partial charge in [0.25, 0.3) is 0 Å². The van der Waals surface area contributed by atoms with Crippen molar-refractivity contribution in [3.8, 4) is 0 Å². The van der Waals surface area contributed by atoms with Crippen molar-refractivity contribution in [1.29, 1.82) is 0 Å². The van der Waals surface area contributed by atoms with E-state index in [0.29, 0.717) is 13.2 Å². The van der Waals surface area contributed by atoms with E-state index in [1.165, 1.54) is 0 Å². The Hall–Kier alpha value is 0.534. The summed E-state index contributed by atoms with van der Waals surface area (Å²) in [6.07, 6.45) is 8.42. The molecule has 0 fully saturated rings. The van der Waals surface area contributed by atoms with Gasteiger partial charge in [-0.25, -0.2) is 0 Å². The molecule has 0 heterocycles. The average molecular weight is 387 g/mol. The molecule has 0 aromatic rings. The Morgan fingerprint density at radius 1 is 0.714 bits per heavy atom. The zero-order chi connectivity index (χ0) is 15.6. The Morgan fingerprint density at radius 3 is 1.29 bits per heavy atom. The van der Waals surface area contributed by atoms with Crippen LogP contribution in [0.5, 0.6) is 0 Å². The van der Waals surface area contributed by atoms with Crippen LogP contribution in [0.1, 0.15) is 65.2 Å². The zero-order valence-corrected chi connectivity index (χ0v) is 15.5. The fourth-order valence-corrected chi connectivity index (χ4v) is 1.89. The van der Waals surface area contributed by atoms with Crippen LogP contribution in [0, 0.1) is 0 Å². The molecule has 0 aliphatic rings. The second-order valence-corrected chi connectivity index (χ2v) is 5.65. The van der Waals surface area contributed by atoms with Gasteiger partial charge in [0.1, 0.15) is 13.2 Å². The first-order valence-electron chi connectivity index (χ1n) is 7.09. The molecule has 0 amide bonds. The maximum atomic E-state index is 9.85. The minimum atomic E-state index is -2.62. The molecule has 0 saturated heterocycles. The SMILES string of the molecule is CCCCCCO[P+](=O)[O-].CCCCCCO[P+](=O)[O-].[Ni+2]. The van der Waals surface area contributed by atoms with E-state index >= 15 is 0 Å². The predicted molar refractivity (Wildman–Crippen MR) is 75.4 cm³/mol. The smallest absolute Gasteiger partial charge is 0.566 e. The van der Waals surface area contributed by atoms with Crippen molar-refractivity contribution in [3.63, 3.8) is 0 Å². The summed E-state index contributed by atoms with van der Waals surface area (Å²) in [6.45, 7) is 4.90. The summed E-state index contributed by atoms with van der Waals surface area (Å²) in [7, 11) is -5.24. The molecule has 0 rings (SSSR count). The van der Waals surface area contributed by atoms with Gasteiger partial charge >= 0.3 is 33.0 Å². The summed E-state index contributed by atoms with van der Waals surface area (Å²) in [5, 5.41) is 0. The number of hydrogen-bond donors (Lipinski definition) is 0. The Balaban J connectivity index is -0.000000295. The van der Waals surface area contributed by atoms with Crippen molar-refractivity contribution in [2.45, 2.75) is 65.2 Å². The quantitative estimate of drug-likeness (QED) is 0.290. The Bertz CT molecular complexity index is 220. The van der Waals surface area contributed by atoms with Crippen LogP contribution in [0.15, 0.2) is 0 Å². The van der Waals surface area contributed by atoms with Gasteiger partial charge in [-0.2, -0.15) is 0 Å². The third-order valence-electron chi connectivity index (χ3n) is 2.39. The van der Waals surface area contributed by atoms with Crippen LogP contribution in [0.4, 0.5) is 0 Å². The third kappa shape index (κ3) is 33.4. The van der Waals surface area contributed by atoms with Crippen LogP contribution >= 0.6 is 16.5 Å². The molecule has 0 aromatic heterocycles. The standard InChI is InChI=1S/2C6H13O3P.Ni/c2*1-2-3-4-5-6-9-10(7)8;/h2*2-6H2,1H3;/q;;+2. The van der Waals surface area contributed by atoms with E-state index in [1.807, 2.05) is 0 Å². The maximum absolute atomic E-state index is 9.85. The third-order valence-corrected chi connectivity index (χ3v) is 3.18. The van der Waals surface area contributed by atoms with Crippen LogP contribution < -0.4 is 9.79 Å². The number of hydrogen-bond acceptors (Lipinski definition) is 6. The van der Waals surface area contributed by atoms with E-state index in [0.717, 1.165) is 51.4 Å². The first kappa shape index (κ1) is 26.4. The van der Waals surface area contributed by atoms with Gasteiger partial charge in [0.2, 0.25) is 0 Å². The van der Waals surface area contributed by atoms with Gasteiger partial charge in [0.15, 0.2) is 0 Å². The van der Waals surface area contributed by atoms with Crippen LogP contribution in [-0.2, 0) is 34.7 Å². The number of unbranched alkanes of at least 4 members (excludes halogenated alkanes) is 6. The summed E-state index contributed by atoms with van der Waals surface area (Å²) in [5.74, 6) is 0. The molecule has 0 saturated carbocycles. The van der Waals surface area contributed by atoms with Crippen molar-refractivity contribution in [1.82, 2.24) is 0 Å². The van der Waals surface area contributed by atoms with E-state index < -0.39 is 16.5 Å². The summed E-state index contributed by atoms with van der Waals surface area (Å²) >= 11 is 0. The number of rotatable bonds is 12. The van der Waals surface area contributed by atoms with E-state index in [9.17, 15) is 18.9 Å². The molecule has 0 N–H and O–H groups in total. The average Bonchev–Trinajstić information content (AvgIpc) is 2.38. The molecular formula is C12H26NiO6P2+2. The fourth-order valence-electron chi connectivity index (χ4n) is 1.34. The summed E-state index contributed by atoms with van der Waals surface area (Å²) in [6, 6.07) is 0. The molecule has 2 unspecified atom stereocenters. The second kappa shape index (κ2) is 22.8. The monoisotopic (exact) mass is 386 g/mol. The van der Waals surface area contributed by atoms with Gasteiger partial charge in [0.05, 0.1) is 0 Å². The van der Waals surface area contributed by atoms with Gasteiger partial charge in [-0.05, 0) is 22.0 Å². The Labute approximate surface area is 139 Å². The van der Waals surface area contributed by atoms with Crippen molar-refractivity contribution in [2.24, 2.45) is 0 Å². The molecule has 9 heteroatoms. The van der Waals surface area contributed by atoms with Crippen LogP contribution in [0.2, 0.25) is 0 Å². The molecule has 0 radical (unpaired) electrons. The second-order valence-electron chi connectivity index (χ2n) is 4.23. The normalized spacial score (nSPS) is 11.0. The molecule has 128 valence electrons. The first-order valence-corrected chi connectivity index (χ1v) is 9.28. The van der Waals surface area contributed by atoms with Crippen molar-refractivity contribution < 1.29 is 44.5 Å². The van der Waals surface area contributed by atoms with Gasteiger partial charge < -0.3 is 9.79 Å². The molecule has 0 aliphatic heterocycles. The maximum Gasteiger partial charge on any atom is 2.00 e. The topological polar surface area (TPSA) is 98.7 Å². The van der Waals surface area contributed by atoms with Crippen molar-refractivity contribution >= 4 is 16.5 Å². The summed E-state index contributed by atoms with van der Waals surface area (Å²) in [4.78, 5) is 19.7. The van der Waals surface area contributed by atoms with Gasteiger partial charge in [-0.3, -0.25) is 0 Å². The molecular weight excluding hydrogens is 361 g/mol. The minimum absolute atomic E-state index is 0. The molecule has 0 aliphatic carbocycles. The van der Waals surface area contributed by atoms with Crippen molar-refractivity contribution in [3.05, 3.63) is 0 Å². The van der Waals surface area contributed by atoms with Crippen molar-refractivity contribution in [2.75, 3.05) is 13.2 Å². The minimum Gasteiger partial charge on any atom is -0.566 e. The molecule has 0 aromatic carbocycles. The summed E-state index contributed by atoms with van der Waals surface area (Å²) in [5.41, 5.74) is 0. The van der Waals surface area contributed by atoms with Crippen LogP contribution in [-0.4, -0.2) is 13.2 Å². The van der Waals surface area contributed by atoms with Gasteiger partial charge in [-0.1, -0.05) is 52.4 Å².